The van der Waals surface area contributed by atoms with Gasteiger partial charge in [-0.05, 0) is 54.1 Å². The van der Waals surface area contributed by atoms with Crippen LogP contribution in [0.2, 0.25) is 0 Å². The number of alkyl carbamates (subject to hydrolysis) is 1. The van der Waals surface area contributed by atoms with Gasteiger partial charge in [0.25, 0.3) is 0 Å². The Kier molecular flexibility index (Phi) is 4.90. The van der Waals surface area contributed by atoms with Gasteiger partial charge in [-0.1, -0.05) is 6.92 Å². The van der Waals surface area contributed by atoms with Crippen molar-refractivity contribution < 1.29 is 14.3 Å². The molecule has 4 nitrogen and oxygen atoms in total. The Balaban J connectivity index is 2.07. The lowest BCUT2D eigenvalue weighted by Crippen LogP contribution is -2.34. The maximum atomic E-state index is 11.8. The molecule has 19 heavy (non-hydrogen) atoms. The number of carbonyl (C=O) groups excluding carboxylic acids is 1. The van der Waals surface area contributed by atoms with E-state index in [2.05, 4.69) is 27.9 Å². The zero-order chi connectivity index (χ0) is 13.8. The highest BCUT2D eigenvalue weighted by Crippen LogP contribution is 2.33. The zero-order valence-electron chi connectivity index (χ0n) is 11.1. The third kappa shape index (κ3) is 3.75. The van der Waals surface area contributed by atoms with Gasteiger partial charge in [0.05, 0.1) is 12.6 Å². The lowest BCUT2D eigenvalue weighted by molar-refractivity contribution is 0.0990. The molecule has 1 aromatic rings. The molecule has 0 bridgehead atoms. The van der Waals surface area contributed by atoms with E-state index in [1.54, 1.807) is 0 Å². The van der Waals surface area contributed by atoms with Crippen molar-refractivity contribution in [3.8, 4) is 5.75 Å². The SMILES string of the molecule is CCC(C)OC(=O)N[C@H]1CCOc2ccc(I)cc21. The third-order valence-corrected chi connectivity index (χ3v) is 3.86. The van der Waals surface area contributed by atoms with Crippen LogP contribution in [0.3, 0.4) is 0 Å². The summed E-state index contributed by atoms with van der Waals surface area (Å²) in [6, 6.07) is 5.96. The topological polar surface area (TPSA) is 47.6 Å². The second-order valence-corrected chi connectivity index (χ2v) is 5.89. The molecule has 1 aromatic carbocycles. The number of carbonyl (C=O) groups is 1. The highest BCUT2D eigenvalue weighted by Gasteiger charge is 2.24. The fourth-order valence-corrected chi connectivity index (χ4v) is 2.47. The summed E-state index contributed by atoms with van der Waals surface area (Å²) in [7, 11) is 0. The Bertz CT molecular complexity index is 464. The fourth-order valence-electron chi connectivity index (χ4n) is 1.96. The van der Waals surface area contributed by atoms with Gasteiger partial charge in [0.15, 0.2) is 0 Å². The van der Waals surface area contributed by atoms with E-state index in [0.717, 1.165) is 27.7 Å². The van der Waals surface area contributed by atoms with E-state index in [0.29, 0.717) is 6.61 Å². The number of nitrogens with one attached hydrogen (secondary N) is 1. The summed E-state index contributed by atoms with van der Waals surface area (Å²) >= 11 is 2.26. The van der Waals surface area contributed by atoms with Crippen LogP contribution in [0.4, 0.5) is 4.79 Å². The molecular weight excluding hydrogens is 357 g/mol. The molecule has 2 atom stereocenters. The molecule has 1 amide bonds. The maximum Gasteiger partial charge on any atom is 0.407 e. The molecule has 0 fully saturated rings. The lowest BCUT2D eigenvalue weighted by Gasteiger charge is -2.27. The summed E-state index contributed by atoms with van der Waals surface area (Å²) in [5.41, 5.74) is 1.03. The number of rotatable bonds is 3. The minimum absolute atomic E-state index is 0.0324. The summed E-state index contributed by atoms with van der Waals surface area (Å²) in [4.78, 5) is 11.8. The van der Waals surface area contributed by atoms with Gasteiger partial charge >= 0.3 is 6.09 Å². The summed E-state index contributed by atoms with van der Waals surface area (Å²) in [6.45, 7) is 4.49. The molecule has 0 spiro atoms. The molecule has 1 aliphatic heterocycles. The molecular formula is C14H18INO3. The third-order valence-electron chi connectivity index (χ3n) is 3.19. The number of benzene rings is 1. The van der Waals surface area contributed by atoms with Crippen LogP contribution in [0.5, 0.6) is 5.75 Å². The molecule has 1 heterocycles. The molecule has 5 heteroatoms. The molecule has 0 radical (unpaired) electrons. The lowest BCUT2D eigenvalue weighted by atomic mass is 10.0. The van der Waals surface area contributed by atoms with Gasteiger partial charge in [-0.15, -0.1) is 0 Å². The van der Waals surface area contributed by atoms with Crippen molar-refractivity contribution in [2.75, 3.05) is 6.61 Å². The van der Waals surface area contributed by atoms with Gasteiger partial charge in [0, 0.05) is 15.6 Å². The number of hydrogen-bond donors (Lipinski definition) is 1. The van der Waals surface area contributed by atoms with Gasteiger partial charge in [0.1, 0.15) is 11.9 Å². The molecule has 1 N–H and O–H groups in total. The molecule has 1 unspecified atom stereocenters. The first kappa shape index (κ1) is 14.4. The predicted octanol–water partition coefficient (Wildman–Crippen LogP) is 3.64. The van der Waals surface area contributed by atoms with E-state index in [9.17, 15) is 4.79 Å². The van der Waals surface area contributed by atoms with Crippen LogP contribution in [0.1, 0.15) is 38.3 Å². The summed E-state index contributed by atoms with van der Waals surface area (Å²) < 4.78 is 12.0. The van der Waals surface area contributed by atoms with E-state index in [-0.39, 0.29) is 18.2 Å². The Morgan fingerprint density at radius 3 is 3.16 bits per heavy atom. The minimum Gasteiger partial charge on any atom is -0.493 e. The summed E-state index contributed by atoms with van der Waals surface area (Å²) in [5, 5.41) is 2.92. The predicted molar refractivity (Wildman–Crippen MR) is 81.4 cm³/mol. The fraction of sp³-hybridized carbons (Fsp3) is 0.500. The largest absolute Gasteiger partial charge is 0.493 e. The van der Waals surface area contributed by atoms with Crippen LogP contribution in [-0.4, -0.2) is 18.8 Å². The second-order valence-electron chi connectivity index (χ2n) is 4.64. The first-order chi connectivity index (χ1) is 9.10. The first-order valence-electron chi connectivity index (χ1n) is 6.49. The van der Waals surface area contributed by atoms with Crippen molar-refractivity contribution in [3.63, 3.8) is 0 Å². The van der Waals surface area contributed by atoms with E-state index in [4.69, 9.17) is 9.47 Å². The van der Waals surface area contributed by atoms with Crippen molar-refractivity contribution in [2.45, 2.75) is 38.8 Å². The van der Waals surface area contributed by atoms with E-state index < -0.39 is 0 Å². The van der Waals surface area contributed by atoms with Crippen LogP contribution in [-0.2, 0) is 4.74 Å². The average molecular weight is 375 g/mol. The van der Waals surface area contributed by atoms with Crippen molar-refractivity contribution in [3.05, 3.63) is 27.3 Å². The van der Waals surface area contributed by atoms with Gasteiger partial charge < -0.3 is 14.8 Å². The minimum atomic E-state index is -0.355. The molecule has 104 valence electrons. The number of ether oxygens (including phenoxy) is 2. The van der Waals surface area contributed by atoms with Crippen molar-refractivity contribution in [2.24, 2.45) is 0 Å². The van der Waals surface area contributed by atoms with Crippen LogP contribution < -0.4 is 10.1 Å². The van der Waals surface area contributed by atoms with E-state index in [1.165, 1.54) is 0 Å². The van der Waals surface area contributed by atoms with Crippen LogP contribution in [0.25, 0.3) is 0 Å². The molecule has 0 aromatic heterocycles. The van der Waals surface area contributed by atoms with Gasteiger partial charge in [-0.3, -0.25) is 0 Å². The van der Waals surface area contributed by atoms with E-state index in [1.807, 2.05) is 32.0 Å². The molecule has 0 aliphatic carbocycles. The Hall–Kier alpha value is -0.980. The summed E-state index contributed by atoms with van der Waals surface area (Å²) in [5.74, 6) is 0.848. The number of fused-ring (bicyclic) bond motifs is 1. The van der Waals surface area contributed by atoms with Crippen molar-refractivity contribution in [1.82, 2.24) is 5.32 Å². The van der Waals surface area contributed by atoms with Crippen molar-refractivity contribution in [1.29, 1.82) is 0 Å². The summed E-state index contributed by atoms with van der Waals surface area (Å²) in [6.07, 6.45) is 1.17. The standard InChI is InChI=1S/C14H18INO3/c1-3-9(2)19-14(17)16-12-6-7-18-13-5-4-10(15)8-11(12)13/h4-5,8-9,12H,3,6-7H2,1-2H3,(H,16,17)/t9?,12-/m0/s1. The smallest absolute Gasteiger partial charge is 0.407 e. The Morgan fingerprint density at radius 1 is 1.63 bits per heavy atom. The van der Waals surface area contributed by atoms with E-state index >= 15 is 0 Å². The number of amides is 1. The quantitative estimate of drug-likeness (QED) is 0.821. The van der Waals surface area contributed by atoms with Gasteiger partial charge in [-0.25, -0.2) is 4.79 Å². The second kappa shape index (κ2) is 6.45. The number of hydrogen-bond acceptors (Lipinski definition) is 3. The number of halogens is 1. The van der Waals surface area contributed by atoms with Crippen LogP contribution >= 0.6 is 22.6 Å². The monoisotopic (exact) mass is 375 g/mol. The highest BCUT2D eigenvalue weighted by atomic mass is 127. The molecule has 1 aliphatic rings. The van der Waals surface area contributed by atoms with Crippen molar-refractivity contribution >= 4 is 28.7 Å². The van der Waals surface area contributed by atoms with Crippen LogP contribution in [0, 0.1) is 3.57 Å². The molecule has 0 saturated heterocycles. The molecule has 0 saturated carbocycles. The maximum absolute atomic E-state index is 11.8. The average Bonchev–Trinajstić information content (AvgIpc) is 2.39. The normalized spacial score (nSPS) is 19.0. The van der Waals surface area contributed by atoms with Gasteiger partial charge in [0.2, 0.25) is 0 Å². The zero-order valence-corrected chi connectivity index (χ0v) is 13.3. The Labute approximate surface area is 127 Å². The van der Waals surface area contributed by atoms with Crippen LogP contribution in [0.15, 0.2) is 18.2 Å². The van der Waals surface area contributed by atoms with Gasteiger partial charge in [-0.2, -0.15) is 0 Å². The first-order valence-corrected chi connectivity index (χ1v) is 7.57. The highest BCUT2D eigenvalue weighted by molar-refractivity contribution is 14.1. The molecule has 2 rings (SSSR count). The Morgan fingerprint density at radius 2 is 2.42 bits per heavy atom.